The average Bonchev–Trinajstić information content (AvgIpc) is 2.90. The molecule has 2 N–H and O–H groups in total. The third-order valence-electron chi connectivity index (χ3n) is 4.02. The van der Waals surface area contributed by atoms with Crippen LogP contribution in [0.5, 0.6) is 0 Å². The van der Waals surface area contributed by atoms with Crippen LogP contribution in [0.15, 0.2) is 24.3 Å². The SMILES string of the molecule is C[C@@H]1Cc2ccccc2N1C(=O)CSCc1nc(N)nc(N(C)C)n1. The summed E-state index contributed by atoms with van der Waals surface area (Å²) >= 11 is 1.49. The minimum absolute atomic E-state index is 0.109. The molecule has 2 heterocycles. The summed E-state index contributed by atoms with van der Waals surface area (Å²) in [5, 5.41) is 0. The Labute approximate surface area is 151 Å². The number of nitrogens with two attached hydrogens (primary N) is 1. The molecule has 0 unspecified atom stereocenters. The fourth-order valence-corrected chi connectivity index (χ4v) is 3.66. The molecule has 0 fully saturated rings. The highest BCUT2D eigenvalue weighted by Crippen LogP contribution is 2.32. The average molecular weight is 358 g/mol. The van der Waals surface area contributed by atoms with Gasteiger partial charge in [-0.2, -0.15) is 15.0 Å². The Kier molecular flexibility index (Phi) is 5.08. The number of para-hydroxylation sites is 1. The number of fused-ring (bicyclic) bond motifs is 1. The molecule has 0 aliphatic carbocycles. The molecule has 1 aromatic heterocycles. The molecule has 0 saturated heterocycles. The smallest absolute Gasteiger partial charge is 0.237 e. The third-order valence-corrected chi connectivity index (χ3v) is 4.93. The van der Waals surface area contributed by atoms with Crippen LogP contribution in [0, 0.1) is 0 Å². The van der Waals surface area contributed by atoms with E-state index in [1.54, 1.807) is 4.90 Å². The summed E-state index contributed by atoms with van der Waals surface area (Å²) < 4.78 is 0. The van der Waals surface area contributed by atoms with Crippen LogP contribution in [0.25, 0.3) is 0 Å². The van der Waals surface area contributed by atoms with Crippen LogP contribution >= 0.6 is 11.8 Å². The first-order chi connectivity index (χ1) is 12.0. The van der Waals surface area contributed by atoms with E-state index in [-0.39, 0.29) is 17.9 Å². The van der Waals surface area contributed by atoms with E-state index in [0.29, 0.717) is 23.3 Å². The van der Waals surface area contributed by atoms with Crippen molar-refractivity contribution in [1.29, 1.82) is 0 Å². The summed E-state index contributed by atoms with van der Waals surface area (Å²) in [6, 6.07) is 8.28. The lowest BCUT2D eigenvalue weighted by molar-refractivity contribution is -0.116. The van der Waals surface area contributed by atoms with Gasteiger partial charge in [0, 0.05) is 25.8 Å². The predicted molar refractivity (Wildman–Crippen MR) is 102 cm³/mol. The summed E-state index contributed by atoms with van der Waals surface area (Å²) in [6.07, 6.45) is 0.906. The molecule has 2 aromatic rings. The number of thioether (sulfide) groups is 1. The van der Waals surface area contributed by atoms with Crippen molar-refractivity contribution in [2.45, 2.75) is 25.1 Å². The lowest BCUT2D eigenvalue weighted by Crippen LogP contribution is -2.37. The number of carbonyl (C=O) groups excluding carboxylic acids is 1. The maximum absolute atomic E-state index is 12.7. The van der Waals surface area contributed by atoms with E-state index in [0.717, 1.165) is 12.1 Å². The van der Waals surface area contributed by atoms with E-state index in [1.165, 1.54) is 17.3 Å². The molecule has 7 nitrogen and oxygen atoms in total. The fraction of sp³-hybridized carbons (Fsp3) is 0.412. The van der Waals surface area contributed by atoms with Gasteiger partial charge in [0.2, 0.25) is 17.8 Å². The third kappa shape index (κ3) is 3.84. The zero-order valence-corrected chi connectivity index (χ0v) is 15.5. The number of benzene rings is 1. The first-order valence-corrected chi connectivity index (χ1v) is 9.26. The number of anilines is 3. The second-order valence-electron chi connectivity index (χ2n) is 6.24. The van der Waals surface area contributed by atoms with Gasteiger partial charge in [-0.3, -0.25) is 4.79 Å². The van der Waals surface area contributed by atoms with Crippen molar-refractivity contribution >= 4 is 35.3 Å². The van der Waals surface area contributed by atoms with Gasteiger partial charge in [0.15, 0.2) is 0 Å². The van der Waals surface area contributed by atoms with E-state index in [4.69, 9.17) is 5.73 Å². The number of aromatic nitrogens is 3. The maximum atomic E-state index is 12.7. The lowest BCUT2D eigenvalue weighted by Gasteiger charge is -2.22. The van der Waals surface area contributed by atoms with Gasteiger partial charge in [-0.1, -0.05) is 18.2 Å². The fourth-order valence-electron chi connectivity index (χ4n) is 2.93. The molecule has 0 saturated carbocycles. The number of nitrogens with zero attached hydrogens (tertiary/aromatic N) is 5. The van der Waals surface area contributed by atoms with Crippen LogP contribution in [-0.2, 0) is 17.0 Å². The van der Waals surface area contributed by atoms with Crippen LogP contribution < -0.4 is 15.5 Å². The number of hydrogen-bond acceptors (Lipinski definition) is 7. The van der Waals surface area contributed by atoms with Gasteiger partial charge in [-0.05, 0) is 25.0 Å². The van der Waals surface area contributed by atoms with Crippen LogP contribution in [0.4, 0.5) is 17.6 Å². The topological polar surface area (TPSA) is 88.2 Å². The van der Waals surface area contributed by atoms with Crippen molar-refractivity contribution in [3.63, 3.8) is 0 Å². The summed E-state index contributed by atoms with van der Waals surface area (Å²) in [6.45, 7) is 2.08. The van der Waals surface area contributed by atoms with Gasteiger partial charge in [0.05, 0.1) is 11.5 Å². The standard InChI is InChI=1S/C17H22N6OS/c1-11-8-12-6-4-5-7-13(12)23(11)15(24)10-25-9-14-19-16(18)21-17(20-14)22(2)3/h4-7,11H,8-10H2,1-3H3,(H2,18,19,20,21)/t11-/m1/s1. The zero-order valence-electron chi connectivity index (χ0n) is 14.6. The lowest BCUT2D eigenvalue weighted by atomic mass is 10.1. The van der Waals surface area contributed by atoms with Crippen LogP contribution in [0.1, 0.15) is 18.3 Å². The molecule has 3 rings (SSSR count). The van der Waals surface area contributed by atoms with Crippen molar-refractivity contribution in [2.75, 3.05) is 35.4 Å². The largest absolute Gasteiger partial charge is 0.368 e. The zero-order chi connectivity index (χ0) is 18.0. The number of amides is 1. The Hall–Kier alpha value is -2.35. The van der Waals surface area contributed by atoms with Crippen LogP contribution in [0.3, 0.4) is 0 Å². The summed E-state index contributed by atoms with van der Waals surface area (Å²) in [7, 11) is 3.70. The monoisotopic (exact) mass is 358 g/mol. The second kappa shape index (κ2) is 7.26. The van der Waals surface area contributed by atoms with Gasteiger partial charge < -0.3 is 15.5 Å². The van der Waals surface area contributed by atoms with Gasteiger partial charge in [-0.25, -0.2) is 0 Å². The quantitative estimate of drug-likeness (QED) is 0.871. The number of carbonyl (C=O) groups is 1. The first kappa shape index (κ1) is 17.5. The van der Waals surface area contributed by atoms with Crippen molar-refractivity contribution in [2.24, 2.45) is 0 Å². The highest BCUT2D eigenvalue weighted by atomic mass is 32.2. The van der Waals surface area contributed by atoms with Gasteiger partial charge in [-0.15, -0.1) is 11.8 Å². The van der Waals surface area contributed by atoms with Crippen LogP contribution in [-0.4, -0.2) is 46.7 Å². The van der Waals surface area contributed by atoms with Crippen molar-refractivity contribution < 1.29 is 4.79 Å². The van der Waals surface area contributed by atoms with Crippen LogP contribution in [0.2, 0.25) is 0 Å². The molecule has 1 aliphatic rings. The van der Waals surface area contributed by atoms with Crippen molar-refractivity contribution in [3.8, 4) is 0 Å². The summed E-state index contributed by atoms with van der Waals surface area (Å²) in [5.74, 6) is 2.31. The second-order valence-corrected chi connectivity index (χ2v) is 7.23. The van der Waals surface area contributed by atoms with E-state index in [1.807, 2.05) is 37.2 Å². The van der Waals surface area contributed by atoms with E-state index < -0.39 is 0 Å². The molecular weight excluding hydrogens is 336 g/mol. The minimum atomic E-state index is 0.109. The predicted octanol–water partition coefficient (Wildman–Crippen LogP) is 1.73. The Morgan fingerprint density at radius 3 is 2.84 bits per heavy atom. The van der Waals surface area contributed by atoms with E-state index in [9.17, 15) is 4.79 Å². The Morgan fingerprint density at radius 1 is 1.32 bits per heavy atom. The number of hydrogen-bond donors (Lipinski definition) is 1. The first-order valence-electron chi connectivity index (χ1n) is 8.11. The van der Waals surface area contributed by atoms with E-state index >= 15 is 0 Å². The van der Waals surface area contributed by atoms with Gasteiger partial charge >= 0.3 is 0 Å². The molecule has 8 heteroatoms. The van der Waals surface area contributed by atoms with Gasteiger partial charge in [0.1, 0.15) is 5.82 Å². The highest BCUT2D eigenvalue weighted by molar-refractivity contribution is 7.99. The van der Waals surface area contributed by atoms with Crippen molar-refractivity contribution in [1.82, 2.24) is 15.0 Å². The Morgan fingerprint density at radius 2 is 2.08 bits per heavy atom. The molecule has 0 spiro atoms. The van der Waals surface area contributed by atoms with E-state index in [2.05, 4.69) is 27.9 Å². The van der Waals surface area contributed by atoms with Gasteiger partial charge in [0.25, 0.3) is 0 Å². The summed E-state index contributed by atoms with van der Waals surface area (Å²) in [5.41, 5.74) is 7.98. The number of nitrogen functional groups attached to an aromatic ring is 1. The molecule has 1 amide bonds. The number of rotatable bonds is 5. The molecule has 0 bridgehead atoms. The molecule has 132 valence electrons. The Bertz CT molecular complexity index is 781. The minimum Gasteiger partial charge on any atom is -0.368 e. The van der Waals surface area contributed by atoms with Crippen molar-refractivity contribution in [3.05, 3.63) is 35.7 Å². The molecule has 1 atom stereocenters. The molecule has 1 aromatic carbocycles. The maximum Gasteiger partial charge on any atom is 0.237 e. The molecule has 1 aliphatic heterocycles. The Balaban J connectivity index is 1.62. The highest BCUT2D eigenvalue weighted by Gasteiger charge is 2.30. The molecule has 0 radical (unpaired) electrons. The summed E-state index contributed by atoms with van der Waals surface area (Å²) in [4.78, 5) is 28.9. The molecule has 25 heavy (non-hydrogen) atoms. The molecular formula is C17H22N6OS. The normalized spacial score (nSPS) is 16.0.